The summed E-state index contributed by atoms with van der Waals surface area (Å²) in [6, 6.07) is 6.83. The second-order valence-corrected chi connectivity index (χ2v) is 4.36. The van der Waals surface area contributed by atoms with E-state index in [1.165, 1.54) is 0 Å². The number of fused-ring (bicyclic) bond motifs is 2. The Morgan fingerprint density at radius 1 is 1.29 bits per heavy atom. The first-order chi connectivity index (χ1) is 8.27. The number of hydrogen-bond acceptors (Lipinski definition) is 2. The fourth-order valence-corrected chi connectivity index (χ4v) is 2.43. The topological polar surface area (TPSA) is 66.0 Å². The number of nitrogens with zero attached hydrogens (tertiary/aromatic N) is 1. The minimum atomic E-state index is -0.344. The van der Waals surface area contributed by atoms with E-state index in [9.17, 15) is 9.59 Å². The molecule has 5 nitrogen and oxygen atoms in total. The highest BCUT2D eigenvalue weighted by Gasteiger charge is 2.38. The van der Waals surface area contributed by atoms with E-state index in [-0.39, 0.29) is 17.9 Å². The zero-order valence-electron chi connectivity index (χ0n) is 9.35. The van der Waals surface area contributed by atoms with Crippen molar-refractivity contribution in [1.82, 2.24) is 4.90 Å². The number of carbonyl (C=O) groups excluding carboxylic acids is 2. The van der Waals surface area contributed by atoms with Crippen LogP contribution in [-0.4, -0.2) is 42.4 Å². The Labute approximate surface area is 98.8 Å². The van der Waals surface area contributed by atoms with Crippen molar-refractivity contribution in [2.24, 2.45) is 0 Å². The molecule has 1 fully saturated rings. The van der Waals surface area contributed by atoms with Crippen LogP contribution in [0.15, 0.2) is 24.3 Å². The second-order valence-electron chi connectivity index (χ2n) is 4.36. The predicted octanol–water partition coefficient (Wildman–Crippen LogP) is -0.973. The molecule has 3 N–H and O–H groups in total. The van der Waals surface area contributed by atoms with E-state index in [0.29, 0.717) is 24.3 Å². The molecule has 1 aromatic rings. The third kappa shape index (κ3) is 1.59. The van der Waals surface area contributed by atoms with Crippen LogP contribution in [0.3, 0.4) is 0 Å². The fraction of sp³-hybridized carbons (Fsp3) is 0.333. The number of quaternary nitrogens is 1. The number of nitrogens with one attached hydrogen (secondary N) is 1. The Hall–Kier alpha value is -1.88. The maximum Gasteiger partial charge on any atom is 0.257 e. The third-order valence-corrected chi connectivity index (χ3v) is 3.32. The van der Waals surface area contributed by atoms with Gasteiger partial charge in [-0.1, -0.05) is 12.1 Å². The van der Waals surface area contributed by atoms with E-state index >= 15 is 0 Å². The summed E-state index contributed by atoms with van der Waals surface area (Å²) in [5.41, 5.74) is 1.21. The first-order valence-corrected chi connectivity index (χ1v) is 5.80. The second kappa shape index (κ2) is 3.85. The summed E-state index contributed by atoms with van der Waals surface area (Å²) in [6.07, 6.45) is 0. The molecule has 1 saturated heterocycles. The maximum atomic E-state index is 12.3. The van der Waals surface area contributed by atoms with Gasteiger partial charge in [0.05, 0.1) is 24.3 Å². The molecule has 0 aliphatic carbocycles. The minimum Gasteiger partial charge on any atom is -0.343 e. The number of benzene rings is 1. The van der Waals surface area contributed by atoms with Crippen molar-refractivity contribution in [2.45, 2.75) is 6.04 Å². The molecule has 2 aliphatic heterocycles. The van der Waals surface area contributed by atoms with Crippen molar-refractivity contribution in [2.75, 3.05) is 25.0 Å². The first-order valence-electron chi connectivity index (χ1n) is 5.80. The summed E-state index contributed by atoms with van der Waals surface area (Å²) in [6.45, 7) is 2.13. The monoisotopic (exact) mass is 232 g/mol. The van der Waals surface area contributed by atoms with Crippen LogP contribution >= 0.6 is 0 Å². The van der Waals surface area contributed by atoms with Gasteiger partial charge >= 0.3 is 0 Å². The molecule has 88 valence electrons. The van der Waals surface area contributed by atoms with Gasteiger partial charge in [0, 0.05) is 0 Å². The van der Waals surface area contributed by atoms with E-state index < -0.39 is 0 Å². The number of carbonyl (C=O) groups is 2. The van der Waals surface area contributed by atoms with Gasteiger partial charge in [-0.15, -0.1) is 0 Å². The van der Waals surface area contributed by atoms with E-state index in [0.717, 1.165) is 6.54 Å². The smallest absolute Gasteiger partial charge is 0.257 e. The van der Waals surface area contributed by atoms with Crippen molar-refractivity contribution >= 4 is 17.5 Å². The van der Waals surface area contributed by atoms with Gasteiger partial charge in [-0.05, 0) is 12.1 Å². The number of nitrogens with two attached hydrogens (primary N) is 1. The highest BCUT2D eigenvalue weighted by molar-refractivity contribution is 6.09. The molecule has 0 radical (unpaired) electrons. The Balaban J connectivity index is 2.07. The summed E-state index contributed by atoms with van der Waals surface area (Å²) in [5, 5.41) is 4.90. The third-order valence-electron chi connectivity index (χ3n) is 3.32. The van der Waals surface area contributed by atoms with Gasteiger partial charge in [0.1, 0.15) is 6.54 Å². The average Bonchev–Trinajstić information content (AvgIpc) is 2.48. The molecule has 0 unspecified atom stereocenters. The Morgan fingerprint density at radius 2 is 2.12 bits per heavy atom. The lowest BCUT2D eigenvalue weighted by atomic mass is 10.1. The lowest BCUT2D eigenvalue weighted by molar-refractivity contribution is -0.665. The molecule has 0 bridgehead atoms. The lowest BCUT2D eigenvalue weighted by Gasteiger charge is -2.30. The van der Waals surface area contributed by atoms with Crippen molar-refractivity contribution in [3.8, 4) is 0 Å². The van der Waals surface area contributed by atoms with Gasteiger partial charge < -0.3 is 15.5 Å². The molecule has 2 amide bonds. The Morgan fingerprint density at radius 3 is 3.00 bits per heavy atom. The zero-order valence-corrected chi connectivity index (χ0v) is 9.35. The number of para-hydroxylation sites is 1. The lowest BCUT2D eigenvalue weighted by Crippen LogP contribution is -2.92. The SMILES string of the molecule is O=C1Nc2ccccc2C(=O)N2CC[NH2+]C[C@@H]12. The normalized spacial score (nSPS) is 23.5. The largest absolute Gasteiger partial charge is 0.343 e. The van der Waals surface area contributed by atoms with Crippen LogP contribution in [-0.2, 0) is 4.79 Å². The van der Waals surface area contributed by atoms with Gasteiger partial charge in [-0.2, -0.15) is 0 Å². The highest BCUT2D eigenvalue weighted by Crippen LogP contribution is 2.22. The van der Waals surface area contributed by atoms with Gasteiger partial charge in [0.15, 0.2) is 6.04 Å². The van der Waals surface area contributed by atoms with Gasteiger partial charge in [0.2, 0.25) is 0 Å². The Bertz CT molecular complexity index is 486. The first kappa shape index (κ1) is 10.3. The number of anilines is 1. The number of piperazine rings is 1. The molecule has 17 heavy (non-hydrogen) atoms. The molecule has 0 saturated carbocycles. The van der Waals surface area contributed by atoms with Crippen LogP contribution in [0.2, 0.25) is 0 Å². The van der Waals surface area contributed by atoms with Gasteiger partial charge in [0.25, 0.3) is 11.8 Å². The number of rotatable bonds is 0. The molecular weight excluding hydrogens is 218 g/mol. The highest BCUT2D eigenvalue weighted by atomic mass is 16.2. The summed E-state index contributed by atoms with van der Waals surface area (Å²) < 4.78 is 0. The predicted molar refractivity (Wildman–Crippen MR) is 61.6 cm³/mol. The van der Waals surface area contributed by atoms with E-state index in [4.69, 9.17) is 0 Å². The van der Waals surface area contributed by atoms with Crippen LogP contribution in [0.1, 0.15) is 10.4 Å². The average molecular weight is 232 g/mol. The standard InChI is InChI=1S/C12H13N3O2/c16-11-10-7-13-5-6-15(10)12(17)8-3-1-2-4-9(8)14-11/h1-4,10,13H,5-7H2,(H,14,16)/p+1/t10-/m0/s1. The number of amides is 2. The van der Waals surface area contributed by atoms with Crippen LogP contribution < -0.4 is 10.6 Å². The van der Waals surface area contributed by atoms with E-state index in [2.05, 4.69) is 10.6 Å². The molecular formula is C12H14N3O2+. The molecule has 2 aliphatic rings. The molecule has 1 atom stereocenters. The summed E-state index contributed by atoms with van der Waals surface area (Å²) >= 11 is 0. The van der Waals surface area contributed by atoms with Crippen molar-refractivity contribution in [1.29, 1.82) is 0 Å². The van der Waals surface area contributed by atoms with Crippen molar-refractivity contribution in [3.63, 3.8) is 0 Å². The number of hydrogen-bond donors (Lipinski definition) is 2. The molecule has 3 rings (SSSR count). The summed E-state index contributed by atoms with van der Waals surface area (Å²) in [7, 11) is 0. The quantitative estimate of drug-likeness (QED) is 0.604. The zero-order chi connectivity index (χ0) is 11.8. The molecule has 0 aromatic heterocycles. The molecule has 0 spiro atoms. The van der Waals surface area contributed by atoms with Crippen LogP contribution in [0.5, 0.6) is 0 Å². The molecule has 2 heterocycles. The van der Waals surface area contributed by atoms with Gasteiger partial charge in [-0.25, -0.2) is 0 Å². The van der Waals surface area contributed by atoms with Crippen molar-refractivity contribution in [3.05, 3.63) is 29.8 Å². The van der Waals surface area contributed by atoms with Crippen LogP contribution in [0, 0.1) is 0 Å². The van der Waals surface area contributed by atoms with Crippen LogP contribution in [0.25, 0.3) is 0 Å². The molecule has 1 aromatic carbocycles. The maximum absolute atomic E-state index is 12.3. The summed E-state index contributed by atoms with van der Waals surface area (Å²) in [5.74, 6) is -0.128. The van der Waals surface area contributed by atoms with E-state index in [1.54, 1.807) is 17.0 Å². The Kier molecular flexibility index (Phi) is 2.33. The molecule has 5 heteroatoms. The van der Waals surface area contributed by atoms with Gasteiger partial charge in [-0.3, -0.25) is 9.59 Å². The van der Waals surface area contributed by atoms with Crippen LogP contribution in [0.4, 0.5) is 5.69 Å². The van der Waals surface area contributed by atoms with E-state index in [1.807, 2.05) is 12.1 Å². The van der Waals surface area contributed by atoms with Crippen molar-refractivity contribution < 1.29 is 14.9 Å². The fourth-order valence-electron chi connectivity index (χ4n) is 2.43. The summed E-state index contributed by atoms with van der Waals surface area (Å²) in [4.78, 5) is 26.0. The minimum absolute atomic E-state index is 0.0444.